The number of carbonyl (C=O) groups excluding carboxylic acids is 2. The van der Waals surface area contributed by atoms with E-state index in [9.17, 15) is 18.0 Å². The Bertz CT molecular complexity index is 1940. The number of para-hydroxylation sites is 1. The van der Waals surface area contributed by atoms with Crippen LogP contribution < -0.4 is 14.4 Å². The minimum absolute atomic E-state index is 0.0380. The number of amides is 2. The van der Waals surface area contributed by atoms with E-state index in [-0.39, 0.29) is 35.5 Å². The molecule has 0 saturated carbocycles. The number of ether oxygens (including phenoxy) is 1. The predicted octanol–water partition coefficient (Wildman–Crippen LogP) is 7.15. The molecule has 0 unspecified atom stereocenters. The van der Waals surface area contributed by atoms with Crippen LogP contribution in [0, 0.1) is 6.92 Å². The Balaban J connectivity index is 1.55. The lowest BCUT2D eigenvalue weighted by Gasteiger charge is -2.34. The lowest BCUT2D eigenvalue weighted by molar-refractivity contribution is -0.140. The van der Waals surface area contributed by atoms with Gasteiger partial charge in [-0.3, -0.25) is 13.9 Å². The second kappa shape index (κ2) is 16.1. The molecule has 0 radical (unpaired) electrons. The second-order valence-corrected chi connectivity index (χ2v) is 14.0. The number of aryl methyl sites for hydroxylation is 1. The molecule has 8 nitrogen and oxygen atoms in total. The lowest BCUT2D eigenvalue weighted by atomic mass is 10.0. The maximum absolute atomic E-state index is 14.6. The minimum atomic E-state index is -4.21. The molecule has 0 bridgehead atoms. The largest absolute Gasteiger partial charge is 0.457 e. The molecule has 1 atom stereocenters. The smallest absolute Gasteiger partial charge is 0.264 e. The fraction of sp³-hybridized carbons (Fsp3) is 0.200. The molecular weight excluding hydrogens is 635 g/mol. The van der Waals surface area contributed by atoms with Gasteiger partial charge in [0.15, 0.2) is 0 Å². The lowest BCUT2D eigenvalue weighted by Crippen LogP contribution is -2.54. The molecule has 9 heteroatoms. The van der Waals surface area contributed by atoms with Crippen LogP contribution in [0.1, 0.15) is 30.5 Å². The van der Waals surface area contributed by atoms with E-state index in [0.717, 1.165) is 21.0 Å². The molecule has 5 aromatic carbocycles. The van der Waals surface area contributed by atoms with Crippen molar-refractivity contribution in [1.29, 1.82) is 0 Å². The molecule has 0 aliphatic heterocycles. The molecule has 0 aliphatic rings. The number of nitrogens with one attached hydrogen (secondary N) is 1. The van der Waals surface area contributed by atoms with Crippen molar-refractivity contribution in [3.05, 3.63) is 156 Å². The molecular formula is C40H41N3O5S. The summed E-state index contributed by atoms with van der Waals surface area (Å²) in [4.78, 5) is 30.0. The van der Waals surface area contributed by atoms with Gasteiger partial charge < -0.3 is 15.0 Å². The third-order valence-corrected chi connectivity index (χ3v) is 9.64. The van der Waals surface area contributed by atoms with E-state index in [0.29, 0.717) is 11.5 Å². The zero-order chi connectivity index (χ0) is 34.8. The van der Waals surface area contributed by atoms with Crippen LogP contribution in [0.2, 0.25) is 0 Å². The van der Waals surface area contributed by atoms with Crippen molar-refractivity contribution in [3.8, 4) is 11.5 Å². The number of rotatable bonds is 14. The number of sulfonamides is 1. The summed E-state index contributed by atoms with van der Waals surface area (Å²) in [7, 11) is -4.21. The SMILES string of the molecule is Cc1cccc(CN(C(=O)CN(c2ccc(Oc3ccccc3)cc2)S(=O)(=O)c2ccccc2)[C@H](Cc2ccccc2)C(=O)NC(C)C)c1. The Morgan fingerprint density at radius 1 is 0.714 bits per heavy atom. The molecule has 0 heterocycles. The van der Waals surface area contributed by atoms with Crippen LogP contribution in [0.25, 0.3) is 0 Å². The number of hydrogen-bond acceptors (Lipinski definition) is 5. The number of benzene rings is 5. The van der Waals surface area contributed by atoms with Gasteiger partial charge in [-0.1, -0.05) is 96.6 Å². The van der Waals surface area contributed by atoms with E-state index in [2.05, 4.69) is 5.32 Å². The Labute approximate surface area is 289 Å². The van der Waals surface area contributed by atoms with Gasteiger partial charge in [0.25, 0.3) is 10.0 Å². The van der Waals surface area contributed by atoms with Gasteiger partial charge in [-0.25, -0.2) is 8.42 Å². The summed E-state index contributed by atoms with van der Waals surface area (Å²) in [6.45, 7) is 5.25. The van der Waals surface area contributed by atoms with Crippen molar-refractivity contribution >= 4 is 27.5 Å². The predicted molar refractivity (Wildman–Crippen MR) is 193 cm³/mol. The van der Waals surface area contributed by atoms with Gasteiger partial charge >= 0.3 is 0 Å². The van der Waals surface area contributed by atoms with E-state index in [1.165, 1.54) is 17.0 Å². The maximum Gasteiger partial charge on any atom is 0.264 e. The van der Waals surface area contributed by atoms with Gasteiger partial charge in [0.1, 0.15) is 24.1 Å². The van der Waals surface area contributed by atoms with Crippen LogP contribution >= 0.6 is 0 Å². The van der Waals surface area contributed by atoms with E-state index in [1.807, 2.05) is 106 Å². The average Bonchev–Trinajstić information content (AvgIpc) is 3.10. The van der Waals surface area contributed by atoms with Crippen LogP contribution in [0.15, 0.2) is 144 Å². The number of nitrogens with zero attached hydrogens (tertiary/aromatic N) is 2. The summed E-state index contributed by atoms with van der Waals surface area (Å²) in [6.07, 6.45) is 0.244. The molecule has 5 rings (SSSR count). The van der Waals surface area contributed by atoms with Gasteiger partial charge in [0, 0.05) is 19.0 Å². The monoisotopic (exact) mass is 675 g/mol. The molecule has 1 N–H and O–H groups in total. The summed E-state index contributed by atoms with van der Waals surface area (Å²) in [5.41, 5.74) is 2.97. The highest BCUT2D eigenvalue weighted by atomic mass is 32.2. The Morgan fingerprint density at radius 3 is 1.90 bits per heavy atom. The molecule has 2 amide bonds. The highest BCUT2D eigenvalue weighted by molar-refractivity contribution is 7.92. The van der Waals surface area contributed by atoms with Crippen molar-refractivity contribution in [2.45, 2.75) is 50.7 Å². The first-order valence-electron chi connectivity index (χ1n) is 16.2. The van der Waals surface area contributed by atoms with Crippen LogP contribution in [0.4, 0.5) is 5.69 Å². The standard InChI is InChI=1S/C40H41N3O5S/c1-30(2)41-40(45)38(27-32-15-7-4-8-16-32)42(28-33-17-13-14-31(3)26-33)39(44)29-43(49(46,47)37-20-11-6-12-21-37)34-22-24-36(25-23-34)48-35-18-9-5-10-19-35/h4-26,30,38H,27-29H2,1-3H3,(H,41,45)/t38-/m1/s1. The number of hydrogen-bond donors (Lipinski definition) is 1. The third-order valence-electron chi connectivity index (χ3n) is 7.85. The first-order chi connectivity index (χ1) is 23.6. The number of anilines is 1. The second-order valence-electron chi connectivity index (χ2n) is 12.1. The Morgan fingerprint density at radius 2 is 1.29 bits per heavy atom. The zero-order valence-electron chi connectivity index (χ0n) is 27.9. The van der Waals surface area contributed by atoms with E-state index in [4.69, 9.17) is 4.74 Å². The molecule has 252 valence electrons. The molecule has 5 aromatic rings. The van der Waals surface area contributed by atoms with Crippen molar-refractivity contribution in [2.24, 2.45) is 0 Å². The van der Waals surface area contributed by atoms with Crippen LogP contribution in [0.3, 0.4) is 0 Å². The van der Waals surface area contributed by atoms with Gasteiger partial charge in [0.2, 0.25) is 11.8 Å². The Kier molecular flexibility index (Phi) is 11.5. The molecule has 0 aliphatic carbocycles. The van der Waals surface area contributed by atoms with E-state index in [1.54, 1.807) is 42.5 Å². The van der Waals surface area contributed by atoms with Crippen molar-refractivity contribution in [1.82, 2.24) is 10.2 Å². The summed E-state index contributed by atoms with van der Waals surface area (Å²) >= 11 is 0. The highest BCUT2D eigenvalue weighted by Crippen LogP contribution is 2.29. The summed E-state index contributed by atoms with van der Waals surface area (Å²) in [5, 5.41) is 2.98. The van der Waals surface area contributed by atoms with Gasteiger partial charge in [-0.05, 0) is 80.4 Å². The first-order valence-corrected chi connectivity index (χ1v) is 17.6. The van der Waals surface area contributed by atoms with Crippen LogP contribution in [-0.2, 0) is 32.6 Å². The minimum Gasteiger partial charge on any atom is -0.457 e. The molecule has 49 heavy (non-hydrogen) atoms. The molecule has 0 spiro atoms. The van der Waals surface area contributed by atoms with Gasteiger partial charge in [-0.2, -0.15) is 0 Å². The van der Waals surface area contributed by atoms with Crippen molar-refractivity contribution in [3.63, 3.8) is 0 Å². The van der Waals surface area contributed by atoms with E-state index >= 15 is 0 Å². The normalized spacial score (nSPS) is 11.8. The van der Waals surface area contributed by atoms with Gasteiger partial charge in [0.05, 0.1) is 10.6 Å². The topological polar surface area (TPSA) is 96.0 Å². The van der Waals surface area contributed by atoms with Crippen LogP contribution in [0.5, 0.6) is 11.5 Å². The van der Waals surface area contributed by atoms with Crippen molar-refractivity contribution in [2.75, 3.05) is 10.8 Å². The fourth-order valence-electron chi connectivity index (χ4n) is 5.50. The number of carbonyl (C=O) groups is 2. The van der Waals surface area contributed by atoms with E-state index < -0.39 is 28.5 Å². The third kappa shape index (κ3) is 9.36. The summed E-state index contributed by atoms with van der Waals surface area (Å²) in [6, 6.07) is 39.9. The van der Waals surface area contributed by atoms with Gasteiger partial charge in [-0.15, -0.1) is 0 Å². The van der Waals surface area contributed by atoms with Crippen molar-refractivity contribution < 1.29 is 22.7 Å². The summed E-state index contributed by atoms with van der Waals surface area (Å²) in [5.74, 6) is 0.299. The molecule has 0 aromatic heterocycles. The average molecular weight is 676 g/mol. The zero-order valence-corrected chi connectivity index (χ0v) is 28.7. The Hall–Kier alpha value is -5.41. The molecule has 0 fully saturated rings. The highest BCUT2D eigenvalue weighted by Gasteiger charge is 2.34. The fourth-order valence-corrected chi connectivity index (χ4v) is 6.93. The molecule has 0 saturated heterocycles. The quantitative estimate of drug-likeness (QED) is 0.135. The maximum atomic E-state index is 14.6. The van der Waals surface area contributed by atoms with Crippen LogP contribution in [-0.4, -0.2) is 43.8 Å². The summed E-state index contributed by atoms with van der Waals surface area (Å²) < 4.78 is 35.5. The first kappa shape index (κ1) is 34.9.